The molecule has 6 nitrogen and oxygen atoms in total. The molecule has 5 rings (SSSR count). The number of nitrogens with zero attached hydrogens (tertiary/aromatic N) is 2. The molecule has 0 fully saturated rings. The number of rotatable bonds is 4. The minimum absolute atomic E-state index is 0.0321. The largest absolute Gasteiger partial charge is 0.353 e. The highest BCUT2D eigenvalue weighted by molar-refractivity contribution is 5.98. The molecule has 2 aromatic carbocycles. The molecule has 0 atom stereocenters. The van der Waals surface area contributed by atoms with Crippen LogP contribution in [0.3, 0.4) is 0 Å². The van der Waals surface area contributed by atoms with Crippen molar-refractivity contribution in [1.82, 2.24) is 20.2 Å². The van der Waals surface area contributed by atoms with Gasteiger partial charge in [0.05, 0.1) is 23.1 Å². The van der Waals surface area contributed by atoms with Gasteiger partial charge >= 0.3 is 0 Å². The average Bonchev–Trinajstić information content (AvgIpc) is 3.37. The van der Waals surface area contributed by atoms with Gasteiger partial charge in [0.2, 0.25) is 5.91 Å². The van der Waals surface area contributed by atoms with Crippen LogP contribution in [-0.4, -0.2) is 26.1 Å². The Balaban J connectivity index is 1.58. The molecule has 1 amide bonds. The van der Waals surface area contributed by atoms with Gasteiger partial charge in [0.25, 0.3) is 0 Å². The number of H-pyrrole nitrogens is 2. The lowest BCUT2D eigenvalue weighted by Crippen LogP contribution is -2.09. The maximum Gasteiger partial charge on any atom is 0.224 e. The van der Waals surface area contributed by atoms with E-state index in [1.807, 2.05) is 37.3 Å². The Morgan fingerprint density at radius 2 is 1.90 bits per heavy atom. The Morgan fingerprint density at radius 1 is 1.00 bits per heavy atom. The van der Waals surface area contributed by atoms with Gasteiger partial charge in [-0.3, -0.25) is 14.9 Å². The summed E-state index contributed by atoms with van der Waals surface area (Å²) < 4.78 is 0. The van der Waals surface area contributed by atoms with Crippen LogP contribution in [-0.2, 0) is 4.79 Å². The first-order valence-corrected chi connectivity index (χ1v) is 9.53. The zero-order valence-electron chi connectivity index (χ0n) is 15.9. The van der Waals surface area contributed by atoms with Crippen molar-refractivity contribution < 1.29 is 4.79 Å². The zero-order chi connectivity index (χ0) is 19.8. The van der Waals surface area contributed by atoms with Crippen LogP contribution in [0.15, 0.2) is 67.0 Å². The van der Waals surface area contributed by atoms with Gasteiger partial charge in [-0.2, -0.15) is 5.10 Å². The SMILES string of the molecule is CCC(=O)Nc1cncc(-c2ccc3[nH]nc(-c4cc5ccccc5[nH]4)c3c2)c1. The quantitative estimate of drug-likeness (QED) is 0.404. The summed E-state index contributed by atoms with van der Waals surface area (Å²) in [4.78, 5) is 19.4. The van der Waals surface area contributed by atoms with Gasteiger partial charge in [-0.1, -0.05) is 31.2 Å². The summed E-state index contributed by atoms with van der Waals surface area (Å²) >= 11 is 0. The predicted octanol–water partition coefficient (Wildman–Crippen LogP) is 5.12. The summed E-state index contributed by atoms with van der Waals surface area (Å²) in [6.45, 7) is 1.82. The smallest absolute Gasteiger partial charge is 0.224 e. The third-order valence-electron chi connectivity index (χ3n) is 5.02. The van der Waals surface area contributed by atoms with E-state index in [0.29, 0.717) is 12.1 Å². The molecule has 0 aliphatic rings. The minimum atomic E-state index is -0.0321. The van der Waals surface area contributed by atoms with Crippen LogP contribution in [0.2, 0.25) is 0 Å². The van der Waals surface area contributed by atoms with Crippen molar-refractivity contribution in [2.45, 2.75) is 13.3 Å². The normalized spacial score (nSPS) is 11.2. The summed E-state index contributed by atoms with van der Waals surface area (Å²) in [6.07, 6.45) is 3.88. The topological polar surface area (TPSA) is 86.5 Å². The highest BCUT2D eigenvalue weighted by Gasteiger charge is 2.12. The Kier molecular flexibility index (Phi) is 4.09. The summed E-state index contributed by atoms with van der Waals surface area (Å²) in [5.41, 5.74) is 6.53. The number of nitrogens with one attached hydrogen (secondary N) is 3. The molecule has 3 N–H and O–H groups in total. The number of para-hydroxylation sites is 1. The molecule has 29 heavy (non-hydrogen) atoms. The van der Waals surface area contributed by atoms with E-state index in [0.717, 1.165) is 44.3 Å². The third kappa shape index (κ3) is 3.14. The Bertz CT molecular complexity index is 1310. The van der Waals surface area contributed by atoms with E-state index in [1.165, 1.54) is 0 Å². The molecule has 0 saturated heterocycles. The fraction of sp³-hybridized carbons (Fsp3) is 0.0870. The van der Waals surface area contributed by atoms with E-state index in [-0.39, 0.29) is 5.91 Å². The van der Waals surface area contributed by atoms with E-state index in [4.69, 9.17) is 0 Å². The standard InChI is InChI=1S/C23H19N5O/c1-2-22(29)25-17-9-16(12-24-13-17)14-7-8-20-18(10-14)23(28-27-20)21-11-15-5-3-4-6-19(15)26-21/h3-13,26H,2H2,1H3,(H,25,29)(H,27,28). The van der Waals surface area contributed by atoms with Crippen molar-refractivity contribution in [2.75, 3.05) is 5.32 Å². The Hall–Kier alpha value is -3.93. The van der Waals surface area contributed by atoms with Crippen molar-refractivity contribution in [3.8, 4) is 22.5 Å². The molecule has 0 spiro atoms. The number of amides is 1. The van der Waals surface area contributed by atoms with Crippen LogP contribution in [0.5, 0.6) is 0 Å². The predicted molar refractivity (Wildman–Crippen MR) is 116 cm³/mol. The number of aromatic nitrogens is 4. The van der Waals surface area contributed by atoms with Crippen molar-refractivity contribution in [3.05, 3.63) is 67.0 Å². The Morgan fingerprint density at radius 3 is 2.76 bits per heavy atom. The first-order valence-electron chi connectivity index (χ1n) is 9.53. The summed E-state index contributed by atoms with van der Waals surface area (Å²) in [5.74, 6) is -0.0321. The van der Waals surface area contributed by atoms with Crippen LogP contribution in [0, 0.1) is 0 Å². The lowest BCUT2D eigenvalue weighted by molar-refractivity contribution is -0.115. The molecule has 0 aliphatic carbocycles. The van der Waals surface area contributed by atoms with E-state index in [9.17, 15) is 4.79 Å². The molecule has 0 unspecified atom stereocenters. The molecular formula is C23H19N5O. The highest BCUT2D eigenvalue weighted by Crippen LogP contribution is 2.32. The molecule has 142 valence electrons. The van der Waals surface area contributed by atoms with E-state index < -0.39 is 0 Å². The van der Waals surface area contributed by atoms with Crippen molar-refractivity contribution in [3.63, 3.8) is 0 Å². The minimum Gasteiger partial charge on any atom is -0.353 e. The number of carbonyl (C=O) groups is 1. The molecule has 0 aliphatic heterocycles. The first kappa shape index (κ1) is 17.2. The fourth-order valence-electron chi connectivity index (χ4n) is 3.52. The number of aromatic amines is 2. The Labute approximate surface area is 167 Å². The molecule has 0 radical (unpaired) electrons. The number of hydrogen-bond acceptors (Lipinski definition) is 3. The van der Waals surface area contributed by atoms with Gasteiger partial charge in [0, 0.05) is 34.5 Å². The van der Waals surface area contributed by atoms with Crippen molar-refractivity contribution in [1.29, 1.82) is 0 Å². The number of carbonyl (C=O) groups excluding carboxylic acids is 1. The second-order valence-corrected chi connectivity index (χ2v) is 6.97. The molecule has 0 saturated carbocycles. The summed E-state index contributed by atoms with van der Waals surface area (Å²) in [5, 5.41) is 12.7. The van der Waals surface area contributed by atoms with Crippen LogP contribution in [0.4, 0.5) is 5.69 Å². The van der Waals surface area contributed by atoms with Crippen LogP contribution in [0.1, 0.15) is 13.3 Å². The van der Waals surface area contributed by atoms with E-state index in [1.54, 1.807) is 12.4 Å². The molecule has 3 aromatic heterocycles. The fourth-order valence-corrected chi connectivity index (χ4v) is 3.52. The second-order valence-electron chi connectivity index (χ2n) is 6.97. The third-order valence-corrected chi connectivity index (χ3v) is 5.02. The van der Waals surface area contributed by atoms with Crippen LogP contribution in [0.25, 0.3) is 44.3 Å². The first-order chi connectivity index (χ1) is 14.2. The molecule has 6 heteroatoms. The number of hydrogen-bond donors (Lipinski definition) is 3. The van der Waals surface area contributed by atoms with E-state index in [2.05, 4.69) is 49.7 Å². The van der Waals surface area contributed by atoms with Crippen LogP contribution < -0.4 is 5.32 Å². The van der Waals surface area contributed by atoms with Gasteiger partial charge in [-0.25, -0.2) is 0 Å². The van der Waals surface area contributed by atoms with Crippen LogP contribution >= 0.6 is 0 Å². The van der Waals surface area contributed by atoms with Crippen molar-refractivity contribution >= 4 is 33.4 Å². The number of fused-ring (bicyclic) bond motifs is 2. The monoisotopic (exact) mass is 381 g/mol. The molecule has 5 aromatic rings. The molecule has 0 bridgehead atoms. The van der Waals surface area contributed by atoms with E-state index >= 15 is 0 Å². The van der Waals surface area contributed by atoms with Gasteiger partial charge in [-0.05, 0) is 35.9 Å². The van der Waals surface area contributed by atoms with Crippen molar-refractivity contribution in [2.24, 2.45) is 0 Å². The maximum atomic E-state index is 11.7. The average molecular weight is 381 g/mol. The maximum absolute atomic E-state index is 11.7. The molecular weight excluding hydrogens is 362 g/mol. The van der Waals surface area contributed by atoms with Gasteiger partial charge in [0.15, 0.2) is 0 Å². The lowest BCUT2D eigenvalue weighted by atomic mass is 10.0. The highest BCUT2D eigenvalue weighted by atomic mass is 16.1. The summed E-state index contributed by atoms with van der Waals surface area (Å²) in [6, 6.07) is 18.4. The number of benzene rings is 2. The lowest BCUT2D eigenvalue weighted by Gasteiger charge is -2.06. The second kappa shape index (κ2) is 6.91. The summed E-state index contributed by atoms with van der Waals surface area (Å²) in [7, 11) is 0. The molecule has 3 heterocycles. The van der Waals surface area contributed by atoms with Gasteiger partial charge in [-0.15, -0.1) is 0 Å². The zero-order valence-corrected chi connectivity index (χ0v) is 15.9. The van der Waals surface area contributed by atoms with Gasteiger partial charge in [0.1, 0.15) is 5.69 Å². The number of anilines is 1. The number of pyridine rings is 1. The van der Waals surface area contributed by atoms with Gasteiger partial charge < -0.3 is 10.3 Å².